The lowest BCUT2D eigenvalue weighted by Gasteiger charge is -2.21. The van der Waals surface area contributed by atoms with Gasteiger partial charge in [-0.15, -0.1) is 0 Å². The van der Waals surface area contributed by atoms with Crippen molar-refractivity contribution in [3.05, 3.63) is 29.8 Å². The largest absolute Gasteiger partial charge is 0.381 e. The minimum Gasteiger partial charge on any atom is -0.381 e. The molecule has 1 fully saturated rings. The summed E-state index contributed by atoms with van der Waals surface area (Å²) in [5.74, 6) is 0.284. The number of ether oxygens (including phenoxy) is 1. The van der Waals surface area contributed by atoms with Gasteiger partial charge >= 0.3 is 0 Å². The molecule has 104 valence electrons. The lowest BCUT2D eigenvalue weighted by atomic mass is 9.93. The van der Waals surface area contributed by atoms with Gasteiger partial charge in [-0.2, -0.15) is 0 Å². The van der Waals surface area contributed by atoms with Crippen LogP contribution < -0.4 is 0 Å². The first-order valence-electron chi connectivity index (χ1n) is 6.97. The Kier molecular flexibility index (Phi) is 5.45. The highest BCUT2D eigenvalue weighted by atomic mass is 19.1. The average Bonchev–Trinajstić information content (AvgIpc) is 2.44. The predicted molar refractivity (Wildman–Crippen MR) is 70.5 cm³/mol. The molecule has 0 bridgehead atoms. The first-order chi connectivity index (χ1) is 9.25. The van der Waals surface area contributed by atoms with Crippen LogP contribution in [0.2, 0.25) is 0 Å². The fraction of sp³-hybridized carbons (Fsp3) is 0.600. The van der Waals surface area contributed by atoms with E-state index in [0.29, 0.717) is 12.0 Å². The zero-order valence-electron chi connectivity index (χ0n) is 11.1. The zero-order chi connectivity index (χ0) is 13.5. The van der Waals surface area contributed by atoms with E-state index < -0.39 is 5.82 Å². The third kappa shape index (κ3) is 4.71. The average molecular weight is 265 g/mol. The Morgan fingerprint density at radius 3 is 2.84 bits per heavy atom. The van der Waals surface area contributed by atoms with Gasteiger partial charge in [-0.1, -0.05) is 12.8 Å². The minimum atomic E-state index is -0.451. The summed E-state index contributed by atoms with van der Waals surface area (Å²) in [5.41, 5.74) is 0.381. The van der Waals surface area contributed by atoms with Crippen LogP contribution in [0, 0.1) is 11.7 Å². The smallest absolute Gasteiger partial charge is 0.164 e. The van der Waals surface area contributed by atoms with E-state index >= 15 is 0 Å². The van der Waals surface area contributed by atoms with Gasteiger partial charge in [-0.25, -0.2) is 4.39 Å². The van der Waals surface area contributed by atoms with E-state index in [4.69, 9.17) is 4.74 Å². The summed E-state index contributed by atoms with van der Waals surface area (Å²) in [4.78, 5) is 15.5. The third-order valence-corrected chi connectivity index (χ3v) is 3.63. The summed E-state index contributed by atoms with van der Waals surface area (Å²) < 4.78 is 18.2. The molecule has 0 saturated carbocycles. The molecule has 0 unspecified atom stereocenters. The van der Waals surface area contributed by atoms with Crippen LogP contribution >= 0.6 is 0 Å². The summed E-state index contributed by atoms with van der Waals surface area (Å²) >= 11 is 0. The maximum absolute atomic E-state index is 12.9. The molecule has 0 aliphatic carbocycles. The molecule has 1 aromatic heterocycles. The van der Waals surface area contributed by atoms with Crippen LogP contribution in [0.15, 0.2) is 18.5 Å². The molecule has 0 N–H and O–H groups in total. The summed E-state index contributed by atoms with van der Waals surface area (Å²) in [6, 6.07) is 1.26. The number of ketones is 1. The summed E-state index contributed by atoms with van der Waals surface area (Å²) in [5, 5.41) is 0. The zero-order valence-corrected chi connectivity index (χ0v) is 11.1. The Balaban J connectivity index is 1.66. The number of hydrogen-bond donors (Lipinski definition) is 0. The predicted octanol–water partition coefficient (Wildman–Crippen LogP) is 3.39. The van der Waals surface area contributed by atoms with Crippen molar-refractivity contribution in [2.24, 2.45) is 5.92 Å². The molecule has 0 aromatic carbocycles. The Morgan fingerprint density at radius 2 is 2.11 bits per heavy atom. The van der Waals surface area contributed by atoms with Crippen LogP contribution in [0.3, 0.4) is 0 Å². The molecular formula is C15H20FNO2. The molecule has 4 heteroatoms. The molecule has 0 atom stereocenters. The number of aromatic nitrogens is 1. The van der Waals surface area contributed by atoms with Gasteiger partial charge < -0.3 is 4.74 Å². The van der Waals surface area contributed by atoms with Gasteiger partial charge in [-0.05, 0) is 31.2 Å². The fourth-order valence-corrected chi connectivity index (χ4v) is 2.46. The van der Waals surface area contributed by atoms with Gasteiger partial charge in [0.15, 0.2) is 5.78 Å². The van der Waals surface area contributed by atoms with Crippen molar-refractivity contribution in [1.82, 2.24) is 4.98 Å². The molecule has 2 rings (SSSR count). The number of unbranched alkanes of at least 4 members (excludes halogenated alkanes) is 1. The standard InChI is InChI=1S/C15H20FNO2/c16-14-9-13(10-17-11-14)15(18)4-2-1-3-12-5-7-19-8-6-12/h9-12H,1-8H2. The second-order valence-corrected chi connectivity index (χ2v) is 5.12. The van der Waals surface area contributed by atoms with E-state index in [1.165, 1.54) is 12.3 Å². The highest BCUT2D eigenvalue weighted by Crippen LogP contribution is 2.21. The van der Waals surface area contributed by atoms with Crippen LogP contribution in [0.5, 0.6) is 0 Å². The molecule has 0 radical (unpaired) electrons. The molecule has 0 spiro atoms. The van der Waals surface area contributed by atoms with Crippen molar-refractivity contribution < 1.29 is 13.9 Å². The van der Waals surface area contributed by atoms with Crippen LogP contribution in [-0.4, -0.2) is 24.0 Å². The fourth-order valence-electron chi connectivity index (χ4n) is 2.46. The monoisotopic (exact) mass is 265 g/mol. The molecule has 1 aliphatic rings. The molecule has 1 saturated heterocycles. The summed E-state index contributed by atoms with van der Waals surface area (Å²) in [7, 11) is 0. The molecule has 1 aromatic rings. The van der Waals surface area contributed by atoms with Crippen LogP contribution in [-0.2, 0) is 4.74 Å². The minimum absolute atomic E-state index is 0.0148. The van der Waals surface area contributed by atoms with E-state index in [-0.39, 0.29) is 5.78 Å². The lowest BCUT2D eigenvalue weighted by molar-refractivity contribution is 0.0630. The Hall–Kier alpha value is -1.29. The second kappa shape index (κ2) is 7.34. The highest BCUT2D eigenvalue weighted by molar-refractivity contribution is 5.95. The summed E-state index contributed by atoms with van der Waals surface area (Å²) in [6.45, 7) is 1.75. The number of nitrogens with zero attached hydrogens (tertiary/aromatic N) is 1. The van der Waals surface area contributed by atoms with Crippen molar-refractivity contribution >= 4 is 5.78 Å². The van der Waals surface area contributed by atoms with Gasteiger partial charge in [0, 0.05) is 31.4 Å². The van der Waals surface area contributed by atoms with Gasteiger partial charge in [0.1, 0.15) is 5.82 Å². The van der Waals surface area contributed by atoms with Crippen LogP contribution in [0.1, 0.15) is 48.9 Å². The number of halogens is 1. The van der Waals surface area contributed by atoms with Crippen molar-refractivity contribution in [2.75, 3.05) is 13.2 Å². The maximum atomic E-state index is 12.9. The van der Waals surface area contributed by atoms with Gasteiger partial charge in [0.25, 0.3) is 0 Å². The molecule has 19 heavy (non-hydrogen) atoms. The number of carbonyl (C=O) groups is 1. The van der Waals surface area contributed by atoms with Gasteiger partial charge in [0.2, 0.25) is 0 Å². The highest BCUT2D eigenvalue weighted by Gasteiger charge is 2.13. The Bertz CT molecular complexity index is 416. The lowest BCUT2D eigenvalue weighted by Crippen LogP contribution is -2.15. The van der Waals surface area contributed by atoms with E-state index in [9.17, 15) is 9.18 Å². The van der Waals surface area contributed by atoms with Crippen LogP contribution in [0.25, 0.3) is 0 Å². The first-order valence-corrected chi connectivity index (χ1v) is 6.97. The van der Waals surface area contributed by atoms with Crippen molar-refractivity contribution in [3.63, 3.8) is 0 Å². The number of hydrogen-bond acceptors (Lipinski definition) is 3. The number of pyridine rings is 1. The number of rotatable bonds is 6. The molecule has 0 amide bonds. The second-order valence-electron chi connectivity index (χ2n) is 5.12. The van der Waals surface area contributed by atoms with E-state index in [0.717, 1.165) is 57.4 Å². The molecular weight excluding hydrogens is 245 g/mol. The SMILES string of the molecule is O=C(CCCCC1CCOCC1)c1cncc(F)c1. The van der Waals surface area contributed by atoms with Crippen molar-refractivity contribution in [1.29, 1.82) is 0 Å². The first kappa shape index (κ1) is 14.1. The quantitative estimate of drug-likeness (QED) is 0.584. The van der Waals surface area contributed by atoms with Crippen LogP contribution in [0.4, 0.5) is 4.39 Å². The normalized spacial score (nSPS) is 16.5. The van der Waals surface area contributed by atoms with E-state index in [1.807, 2.05) is 0 Å². The van der Waals surface area contributed by atoms with Crippen molar-refractivity contribution in [3.8, 4) is 0 Å². The van der Waals surface area contributed by atoms with E-state index in [2.05, 4.69) is 4.98 Å². The Labute approximate surface area is 113 Å². The van der Waals surface area contributed by atoms with Crippen molar-refractivity contribution in [2.45, 2.75) is 38.5 Å². The van der Waals surface area contributed by atoms with E-state index in [1.54, 1.807) is 0 Å². The topological polar surface area (TPSA) is 39.2 Å². The Morgan fingerprint density at radius 1 is 1.32 bits per heavy atom. The van der Waals surface area contributed by atoms with Gasteiger partial charge in [-0.3, -0.25) is 9.78 Å². The molecule has 2 heterocycles. The maximum Gasteiger partial charge on any atom is 0.164 e. The number of Topliss-reactive ketones (excluding diaryl/α,β-unsaturated/α-hetero) is 1. The number of carbonyl (C=O) groups excluding carboxylic acids is 1. The molecule has 1 aliphatic heterocycles. The molecule has 3 nitrogen and oxygen atoms in total. The summed E-state index contributed by atoms with van der Waals surface area (Å²) in [6.07, 6.45) is 8.40. The third-order valence-electron chi connectivity index (χ3n) is 3.63. The van der Waals surface area contributed by atoms with Gasteiger partial charge in [0.05, 0.1) is 6.20 Å².